The van der Waals surface area contributed by atoms with E-state index in [4.69, 9.17) is 4.74 Å². The van der Waals surface area contributed by atoms with E-state index in [1.807, 2.05) is 36.5 Å². The SMILES string of the molecule is Brc1cnn(C2COC(c3ccccc3)=N2)c1. The van der Waals surface area contributed by atoms with Gasteiger partial charge in [-0.25, -0.2) is 9.67 Å². The van der Waals surface area contributed by atoms with Crippen molar-refractivity contribution in [2.24, 2.45) is 4.99 Å². The second-order valence-corrected chi connectivity index (χ2v) is 4.65. The number of hydrogen-bond donors (Lipinski definition) is 0. The third kappa shape index (κ3) is 2.10. The number of nitrogens with zero attached hydrogens (tertiary/aromatic N) is 3. The minimum absolute atomic E-state index is 0.0727. The number of ether oxygens (including phenoxy) is 1. The van der Waals surface area contributed by atoms with Crippen LogP contribution in [0.25, 0.3) is 0 Å². The fourth-order valence-electron chi connectivity index (χ4n) is 1.72. The van der Waals surface area contributed by atoms with E-state index in [0.717, 1.165) is 10.0 Å². The summed E-state index contributed by atoms with van der Waals surface area (Å²) in [7, 11) is 0. The van der Waals surface area contributed by atoms with E-state index in [-0.39, 0.29) is 6.17 Å². The van der Waals surface area contributed by atoms with Crippen LogP contribution in [-0.2, 0) is 4.74 Å². The lowest BCUT2D eigenvalue weighted by atomic mass is 10.2. The first-order valence-corrected chi connectivity index (χ1v) is 6.08. The number of aliphatic imine (C=N–C) groups is 1. The average Bonchev–Trinajstić information content (AvgIpc) is 2.98. The Balaban J connectivity index is 1.86. The fraction of sp³-hybridized carbons (Fsp3) is 0.167. The molecule has 1 aliphatic rings. The lowest BCUT2D eigenvalue weighted by Gasteiger charge is -2.03. The van der Waals surface area contributed by atoms with Crippen molar-refractivity contribution >= 4 is 21.8 Å². The molecule has 17 heavy (non-hydrogen) atoms. The molecule has 1 aliphatic heterocycles. The Labute approximate surface area is 107 Å². The predicted octanol–water partition coefficient (Wildman–Crippen LogP) is 2.62. The molecule has 1 aromatic heterocycles. The fourth-order valence-corrected chi connectivity index (χ4v) is 2.02. The maximum Gasteiger partial charge on any atom is 0.218 e. The van der Waals surface area contributed by atoms with Crippen molar-refractivity contribution in [1.29, 1.82) is 0 Å². The summed E-state index contributed by atoms with van der Waals surface area (Å²) in [6.07, 6.45) is 3.57. The molecule has 0 spiro atoms. The first-order valence-electron chi connectivity index (χ1n) is 5.28. The van der Waals surface area contributed by atoms with Gasteiger partial charge in [0.1, 0.15) is 6.61 Å². The zero-order valence-corrected chi connectivity index (χ0v) is 10.5. The monoisotopic (exact) mass is 291 g/mol. The molecule has 2 heterocycles. The van der Waals surface area contributed by atoms with Crippen molar-refractivity contribution in [2.75, 3.05) is 6.61 Å². The highest BCUT2D eigenvalue weighted by molar-refractivity contribution is 9.10. The Kier molecular flexibility index (Phi) is 2.68. The van der Waals surface area contributed by atoms with Crippen LogP contribution in [0, 0.1) is 0 Å². The molecule has 0 bridgehead atoms. The zero-order chi connectivity index (χ0) is 11.7. The molecule has 2 aromatic rings. The predicted molar refractivity (Wildman–Crippen MR) is 67.9 cm³/mol. The van der Waals surface area contributed by atoms with Gasteiger partial charge in [-0.1, -0.05) is 18.2 Å². The van der Waals surface area contributed by atoms with Gasteiger partial charge in [0, 0.05) is 11.8 Å². The van der Waals surface area contributed by atoms with Crippen molar-refractivity contribution in [3.8, 4) is 0 Å². The Morgan fingerprint density at radius 1 is 1.29 bits per heavy atom. The van der Waals surface area contributed by atoms with Gasteiger partial charge in [0.2, 0.25) is 5.90 Å². The van der Waals surface area contributed by atoms with Gasteiger partial charge < -0.3 is 4.74 Å². The molecule has 1 aromatic carbocycles. The quantitative estimate of drug-likeness (QED) is 0.853. The van der Waals surface area contributed by atoms with Crippen LogP contribution in [-0.4, -0.2) is 22.3 Å². The van der Waals surface area contributed by atoms with Crippen molar-refractivity contribution in [2.45, 2.75) is 6.17 Å². The maximum atomic E-state index is 5.59. The number of rotatable bonds is 2. The lowest BCUT2D eigenvalue weighted by Crippen LogP contribution is -2.08. The van der Waals surface area contributed by atoms with E-state index >= 15 is 0 Å². The van der Waals surface area contributed by atoms with E-state index in [1.165, 1.54) is 0 Å². The largest absolute Gasteiger partial charge is 0.473 e. The third-order valence-electron chi connectivity index (χ3n) is 2.53. The normalized spacial score (nSPS) is 18.9. The number of benzene rings is 1. The van der Waals surface area contributed by atoms with Gasteiger partial charge in [-0.15, -0.1) is 0 Å². The Hall–Kier alpha value is -1.62. The van der Waals surface area contributed by atoms with Crippen molar-refractivity contribution in [1.82, 2.24) is 9.78 Å². The standard InChI is InChI=1S/C12H10BrN3O/c13-10-6-14-16(7-10)11-8-17-12(15-11)9-4-2-1-3-5-9/h1-7,11H,8H2. The van der Waals surface area contributed by atoms with E-state index < -0.39 is 0 Å². The molecule has 86 valence electrons. The van der Waals surface area contributed by atoms with E-state index in [9.17, 15) is 0 Å². The van der Waals surface area contributed by atoms with Crippen LogP contribution in [0.2, 0.25) is 0 Å². The second kappa shape index (κ2) is 4.33. The summed E-state index contributed by atoms with van der Waals surface area (Å²) in [5.74, 6) is 0.683. The van der Waals surface area contributed by atoms with Crippen molar-refractivity contribution in [3.05, 3.63) is 52.8 Å². The molecular formula is C12H10BrN3O. The van der Waals surface area contributed by atoms with Gasteiger partial charge in [-0.3, -0.25) is 0 Å². The maximum absolute atomic E-state index is 5.59. The van der Waals surface area contributed by atoms with Crippen LogP contribution in [0.1, 0.15) is 11.7 Å². The Morgan fingerprint density at radius 2 is 2.12 bits per heavy atom. The van der Waals surface area contributed by atoms with E-state index in [2.05, 4.69) is 26.0 Å². The molecule has 0 amide bonds. The highest BCUT2D eigenvalue weighted by Crippen LogP contribution is 2.20. The molecule has 4 nitrogen and oxygen atoms in total. The first kappa shape index (κ1) is 10.5. The van der Waals surface area contributed by atoms with Gasteiger partial charge in [0.25, 0.3) is 0 Å². The molecular weight excluding hydrogens is 282 g/mol. The molecule has 3 rings (SSSR count). The Bertz CT molecular complexity index is 550. The van der Waals surface area contributed by atoms with E-state index in [1.54, 1.807) is 10.9 Å². The molecule has 0 saturated carbocycles. The van der Waals surface area contributed by atoms with Gasteiger partial charge in [0.15, 0.2) is 6.17 Å². The minimum Gasteiger partial charge on any atom is -0.473 e. The molecule has 5 heteroatoms. The Morgan fingerprint density at radius 3 is 2.82 bits per heavy atom. The van der Waals surface area contributed by atoms with Gasteiger partial charge >= 0.3 is 0 Å². The highest BCUT2D eigenvalue weighted by atomic mass is 79.9. The summed E-state index contributed by atoms with van der Waals surface area (Å²) in [6.45, 7) is 0.526. The number of halogens is 1. The molecule has 1 unspecified atom stereocenters. The van der Waals surface area contributed by atoms with Crippen LogP contribution in [0.15, 0.2) is 52.2 Å². The van der Waals surface area contributed by atoms with Crippen LogP contribution < -0.4 is 0 Å². The van der Waals surface area contributed by atoms with Gasteiger partial charge in [-0.2, -0.15) is 5.10 Å². The summed E-state index contributed by atoms with van der Waals surface area (Å²) in [5.41, 5.74) is 1.00. The van der Waals surface area contributed by atoms with Crippen molar-refractivity contribution in [3.63, 3.8) is 0 Å². The molecule has 0 fully saturated rings. The van der Waals surface area contributed by atoms with Crippen LogP contribution in [0.3, 0.4) is 0 Å². The zero-order valence-electron chi connectivity index (χ0n) is 8.95. The average molecular weight is 292 g/mol. The number of hydrogen-bond acceptors (Lipinski definition) is 3. The van der Waals surface area contributed by atoms with E-state index in [0.29, 0.717) is 12.5 Å². The molecule has 0 N–H and O–H groups in total. The molecule has 1 atom stereocenters. The smallest absolute Gasteiger partial charge is 0.218 e. The van der Waals surface area contributed by atoms with Crippen molar-refractivity contribution < 1.29 is 4.74 Å². The molecule has 0 radical (unpaired) electrons. The lowest BCUT2D eigenvalue weighted by molar-refractivity contribution is 0.278. The summed E-state index contributed by atoms with van der Waals surface area (Å²) >= 11 is 3.37. The second-order valence-electron chi connectivity index (χ2n) is 3.73. The highest BCUT2D eigenvalue weighted by Gasteiger charge is 2.21. The first-order chi connectivity index (χ1) is 8.33. The number of aromatic nitrogens is 2. The molecule has 0 saturated heterocycles. The summed E-state index contributed by atoms with van der Waals surface area (Å²) in [6, 6.07) is 9.89. The summed E-state index contributed by atoms with van der Waals surface area (Å²) < 4.78 is 8.33. The minimum atomic E-state index is -0.0727. The summed E-state index contributed by atoms with van der Waals surface area (Å²) in [4.78, 5) is 4.52. The van der Waals surface area contributed by atoms with Crippen LogP contribution in [0.5, 0.6) is 0 Å². The molecule has 0 aliphatic carbocycles. The van der Waals surface area contributed by atoms with Gasteiger partial charge in [-0.05, 0) is 28.1 Å². The third-order valence-corrected chi connectivity index (χ3v) is 2.94. The summed E-state index contributed by atoms with van der Waals surface area (Å²) in [5, 5.41) is 4.21. The van der Waals surface area contributed by atoms with Crippen LogP contribution in [0.4, 0.5) is 0 Å². The van der Waals surface area contributed by atoms with Gasteiger partial charge in [0.05, 0.1) is 10.7 Å². The topological polar surface area (TPSA) is 39.4 Å². The van der Waals surface area contributed by atoms with Crippen LogP contribution >= 0.6 is 15.9 Å².